The van der Waals surface area contributed by atoms with Gasteiger partial charge in [-0.25, -0.2) is 0 Å². The van der Waals surface area contributed by atoms with Crippen molar-refractivity contribution >= 4 is 29.4 Å². The Kier molecular flexibility index (Phi) is 4.85. The molecule has 0 aliphatic rings. The molecule has 7 heteroatoms. The molecule has 6 nitrogen and oxygen atoms in total. The van der Waals surface area contributed by atoms with Crippen molar-refractivity contribution in [2.24, 2.45) is 0 Å². The number of carbonyl (C=O) groups is 1. The summed E-state index contributed by atoms with van der Waals surface area (Å²) in [6.07, 6.45) is 0. The third-order valence-electron chi connectivity index (χ3n) is 3.07. The number of hydrogen-bond acceptors (Lipinski definition) is 5. The molecule has 0 saturated carbocycles. The van der Waals surface area contributed by atoms with E-state index in [9.17, 15) is 4.79 Å². The normalized spacial score (nSPS) is 10.5. The zero-order chi connectivity index (χ0) is 15.4. The lowest BCUT2D eigenvalue weighted by molar-refractivity contribution is 0.0952. The van der Waals surface area contributed by atoms with Crippen molar-refractivity contribution in [3.05, 3.63) is 17.8 Å². The molecule has 0 spiro atoms. The second-order valence-corrected chi connectivity index (χ2v) is 4.72. The zero-order valence-electron chi connectivity index (χ0n) is 12.1. The first-order valence-electron chi connectivity index (χ1n) is 6.37. The topological polar surface area (TPSA) is 72.6 Å². The second kappa shape index (κ2) is 6.62. The molecule has 114 valence electrons. The summed E-state index contributed by atoms with van der Waals surface area (Å²) in [5.74, 6) is 1.94. The van der Waals surface area contributed by atoms with Crippen molar-refractivity contribution in [2.45, 2.75) is 0 Å². The summed E-state index contributed by atoms with van der Waals surface area (Å²) >= 11 is 4.06. The van der Waals surface area contributed by atoms with Gasteiger partial charge in [-0.3, -0.25) is 4.79 Å². The Morgan fingerprint density at radius 3 is 2.48 bits per heavy atom. The number of thiol groups is 1. The van der Waals surface area contributed by atoms with Crippen molar-refractivity contribution < 1.29 is 19.0 Å². The van der Waals surface area contributed by atoms with Crippen LogP contribution in [0.4, 0.5) is 0 Å². The molecule has 0 fully saturated rings. The molecule has 0 bridgehead atoms. The van der Waals surface area contributed by atoms with Gasteiger partial charge in [0.1, 0.15) is 5.69 Å². The SMILES string of the molecule is COc1cc2[nH]c(C(=O)NCCS)cc2c(OC)c1OC. The van der Waals surface area contributed by atoms with Crippen LogP contribution < -0.4 is 19.5 Å². The smallest absolute Gasteiger partial charge is 0.267 e. The van der Waals surface area contributed by atoms with Crippen LogP contribution >= 0.6 is 12.6 Å². The number of rotatable bonds is 6. The van der Waals surface area contributed by atoms with Gasteiger partial charge >= 0.3 is 0 Å². The molecule has 2 N–H and O–H groups in total. The number of H-pyrrole nitrogens is 1. The minimum atomic E-state index is -0.194. The summed E-state index contributed by atoms with van der Waals surface area (Å²) in [6, 6.07) is 3.50. The highest BCUT2D eigenvalue weighted by molar-refractivity contribution is 7.80. The first-order chi connectivity index (χ1) is 10.2. The molecule has 21 heavy (non-hydrogen) atoms. The Balaban J connectivity index is 2.53. The summed E-state index contributed by atoms with van der Waals surface area (Å²) in [4.78, 5) is 15.1. The number of ether oxygens (including phenoxy) is 3. The maximum absolute atomic E-state index is 12.0. The molecule has 0 aliphatic heterocycles. The van der Waals surface area contributed by atoms with Crippen LogP contribution in [0.5, 0.6) is 17.2 Å². The lowest BCUT2D eigenvalue weighted by atomic mass is 10.2. The number of aromatic nitrogens is 1. The number of fused-ring (bicyclic) bond motifs is 1. The Labute approximate surface area is 128 Å². The van der Waals surface area contributed by atoms with Gasteiger partial charge in [0.2, 0.25) is 5.75 Å². The maximum atomic E-state index is 12.0. The van der Waals surface area contributed by atoms with Gasteiger partial charge < -0.3 is 24.5 Å². The average Bonchev–Trinajstić information content (AvgIpc) is 2.93. The summed E-state index contributed by atoms with van der Waals surface area (Å²) in [5.41, 5.74) is 1.18. The van der Waals surface area contributed by atoms with E-state index in [1.54, 1.807) is 33.5 Å². The van der Waals surface area contributed by atoms with Gasteiger partial charge in [-0.2, -0.15) is 12.6 Å². The molecule has 1 aromatic carbocycles. The average molecular weight is 310 g/mol. The Bertz CT molecular complexity index is 654. The Morgan fingerprint density at radius 1 is 1.19 bits per heavy atom. The maximum Gasteiger partial charge on any atom is 0.267 e. The fourth-order valence-corrected chi connectivity index (χ4v) is 2.25. The van der Waals surface area contributed by atoms with E-state index in [2.05, 4.69) is 22.9 Å². The first kappa shape index (κ1) is 15.4. The zero-order valence-corrected chi connectivity index (χ0v) is 13.0. The van der Waals surface area contributed by atoms with Crippen molar-refractivity contribution in [1.82, 2.24) is 10.3 Å². The molecule has 0 saturated heterocycles. The van der Waals surface area contributed by atoms with Crippen molar-refractivity contribution in [2.75, 3.05) is 33.6 Å². The van der Waals surface area contributed by atoms with E-state index in [1.807, 2.05) is 0 Å². The van der Waals surface area contributed by atoms with Crippen LogP contribution in [0.15, 0.2) is 12.1 Å². The van der Waals surface area contributed by atoms with Gasteiger partial charge in [-0.1, -0.05) is 0 Å². The summed E-state index contributed by atoms with van der Waals surface area (Å²) in [5, 5.41) is 3.51. The summed E-state index contributed by atoms with van der Waals surface area (Å²) in [7, 11) is 4.63. The lowest BCUT2D eigenvalue weighted by Gasteiger charge is -2.12. The van der Waals surface area contributed by atoms with E-state index in [0.29, 0.717) is 35.2 Å². The Morgan fingerprint density at radius 2 is 1.90 bits per heavy atom. The van der Waals surface area contributed by atoms with Gasteiger partial charge in [-0.05, 0) is 6.07 Å². The van der Waals surface area contributed by atoms with Crippen LogP contribution in [-0.2, 0) is 0 Å². The highest BCUT2D eigenvalue weighted by atomic mass is 32.1. The number of hydrogen-bond donors (Lipinski definition) is 3. The highest BCUT2D eigenvalue weighted by Crippen LogP contribution is 2.43. The minimum absolute atomic E-state index is 0.194. The van der Waals surface area contributed by atoms with E-state index in [0.717, 1.165) is 10.9 Å². The molecule has 2 aromatic rings. The molecular weight excluding hydrogens is 292 g/mol. The number of carbonyl (C=O) groups excluding carboxylic acids is 1. The van der Waals surface area contributed by atoms with Crippen molar-refractivity contribution in [1.29, 1.82) is 0 Å². The molecular formula is C14H18N2O4S. The van der Waals surface area contributed by atoms with E-state index >= 15 is 0 Å². The van der Waals surface area contributed by atoms with Crippen LogP contribution in [0.1, 0.15) is 10.5 Å². The third kappa shape index (κ3) is 2.87. The number of aromatic amines is 1. The minimum Gasteiger partial charge on any atom is -0.493 e. The summed E-state index contributed by atoms with van der Waals surface area (Å²) in [6.45, 7) is 0.501. The molecule has 1 amide bonds. The molecule has 0 radical (unpaired) electrons. The van der Waals surface area contributed by atoms with Crippen molar-refractivity contribution in [3.63, 3.8) is 0 Å². The fraction of sp³-hybridized carbons (Fsp3) is 0.357. The van der Waals surface area contributed by atoms with Gasteiger partial charge in [0, 0.05) is 23.8 Å². The molecule has 2 rings (SSSR count). The second-order valence-electron chi connectivity index (χ2n) is 4.27. The molecule has 1 aromatic heterocycles. The fourth-order valence-electron chi connectivity index (χ4n) is 2.14. The van der Waals surface area contributed by atoms with Gasteiger partial charge in [0.15, 0.2) is 11.5 Å². The van der Waals surface area contributed by atoms with Gasteiger partial charge in [-0.15, -0.1) is 0 Å². The predicted molar refractivity (Wildman–Crippen MR) is 84.1 cm³/mol. The number of methoxy groups -OCH3 is 3. The number of benzene rings is 1. The van der Waals surface area contributed by atoms with Crippen LogP contribution in [0, 0.1) is 0 Å². The van der Waals surface area contributed by atoms with Crippen LogP contribution in [0.2, 0.25) is 0 Å². The molecule has 0 aliphatic carbocycles. The van der Waals surface area contributed by atoms with Gasteiger partial charge in [0.05, 0.1) is 26.8 Å². The standard InChI is InChI=1S/C14H18N2O4S/c1-18-11-7-9-8(12(19-2)13(11)20-3)6-10(16-9)14(17)15-4-5-21/h6-7,16,21H,4-5H2,1-3H3,(H,15,17). The lowest BCUT2D eigenvalue weighted by Crippen LogP contribution is -2.25. The first-order valence-corrected chi connectivity index (χ1v) is 7.00. The van der Waals surface area contributed by atoms with Crippen LogP contribution in [0.25, 0.3) is 10.9 Å². The van der Waals surface area contributed by atoms with Crippen LogP contribution in [0.3, 0.4) is 0 Å². The predicted octanol–water partition coefficient (Wildman–Crippen LogP) is 1.85. The van der Waals surface area contributed by atoms with Gasteiger partial charge in [0.25, 0.3) is 5.91 Å². The largest absolute Gasteiger partial charge is 0.493 e. The number of nitrogens with one attached hydrogen (secondary N) is 2. The molecule has 0 unspecified atom stereocenters. The molecule has 0 atom stereocenters. The highest BCUT2D eigenvalue weighted by Gasteiger charge is 2.19. The third-order valence-corrected chi connectivity index (χ3v) is 3.29. The van der Waals surface area contributed by atoms with Crippen LogP contribution in [-0.4, -0.2) is 44.5 Å². The Hall–Kier alpha value is -2.02. The van der Waals surface area contributed by atoms with Crippen molar-refractivity contribution in [3.8, 4) is 17.2 Å². The van der Waals surface area contributed by atoms with E-state index < -0.39 is 0 Å². The quantitative estimate of drug-likeness (QED) is 0.712. The monoisotopic (exact) mass is 310 g/mol. The van der Waals surface area contributed by atoms with E-state index in [1.165, 1.54) is 0 Å². The molecule has 1 heterocycles. The number of amides is 1. The summed E-state index contributed by atoms with van der Waals surface area (Å²) < 4.78 is 16.0. The van der Waals surface area contributed by atoms with E-state index in [-0.39, 0.29) is 5.91 Å². The van der Waals surface area contributed by atoms with E-state index in [4.69, 9.17) is 14.2 Å².